The third-order valence-corrected chi connectivity index (χ3v) is 3.72. The van der Waals surface area contributed by atoms with Gasteiger partial charge in [0.2, 0.25) is 0 Å². The summed E-state index contributed by atoms with van der Waals surface area (Å²) in [5, 5.41) is 8.41. The zero-order valence-electron chi connectivity index (χ0n) is 11.7. The number of ether oxygens (including phenoxy) is 1. The molecule has 1 aromatic heterocycles. The van der Waals surface area contributed by atoms with Gasteiger partial charge in [0.1, 0.15) is 5.82 Å². The molecule has 0 amide bonds. The molecule has 2 aromatic rings. The summed E-state index contributed by atoms with van der Waals surface area (Å²) in [7, 11) is 0. The van der Waals surface area contributed by atoms with Crippen molar-refractivity contribution < 1.29 is 9.13 Å². The summed E-state index contributed by atoms with van der Waals surface area (Å²) in [5.41, 5.74) is 1.69. The van der Waals surface area contributed by atoms with Crippen LogP contribution in [0.3, 0.4) is 0 Å². The number of hydrogen-bond donors (Lipinski definition) is 0. The van der Waals surface area contributed by atoms with Crippen LogP contribution in [0, 0.1) is 5.82 Å². The first kappa shape index (κ1) is 13.2. The van der Waals surface area contributed by atoms with Crippen LogP contribution < -0.4 is 0 Å². The van der Waals surface area contributed by atoms with E-state index in [2.05, 4.69) is 24.2 Å². The van der Waals surface area contributed by atoms with Crippen LogP contribution in [0.2, 0.25) is 0 Å². The van der Waals surface area contributed by atoms with Crippen LogP contribution in [-0.2, 0) is 4.74 Å². The molecule has 0 aliphatic carbocycles. The van der Waals surface area contributed by atoms with Crippen LogP contribution in [0.25, 0.3) is 5.69 Å². The molecule has 1 fully saturated rings. The molecule has 1 atom stereocenters. The predicted molar refractivity (Wildman–Crippen MR) is 73.3 cm³/mol. The molecule has 1 aliphatic rings. The maximum Gasteiger partial charge on any atom is 0.123 e. The first-order valence-electron chi connectivity index (χ1n) is 6.86. The Morgan fingerprint density at radius 3 is 2.75 bits per heavy atom. The van der Waals surface area contributed by atoms with E-state index < -0.39 is 0 Å². The molecule has 1 saturated heterocycles. The van der Waals surface area contributed by atoms with E-state index in [0.717, 1.165) is 30.8 Å². The van der Waals surface area contributed by atoms with Gasteiger partial charge in [0.15, 0.2) is 0 Å². The van der Waals surface area contributed by atoms with Crippen LogP contribution in [-0.4, -0.2) is 27.2 Å². The highest BCUT2D eigenvalue weighted by Crippen LogP contribution is 2.34. The van der Waals surface area contributed by atoms with Gasteiger partial charge in [-0.1, -0.05) is 5.21 Å². The Bertz CT molecular complexity index is 591. The Kier molecular flexibility index (Phi) is 3.30. The Morgan fingerprint density at radius 1 is 1.30 bits per heavy atom. The standard InChI is InChI=1S/C15H18FN3O/c1-15(2)9-11(7-8-20-15)14-10-19(18-17-14)13-5-3-12(16)4-6-13/h3-6,10-11H,7-9H2,1-2H3. The van der Waals surface area contributed by atoms with Gasteiger partial charge in [-0.2, -0.15) is 0 Å². The molecule has 3 rings (SSSR count). The Morgan fingerprint density at radius 2 is 2.05 bits per heavy atom. The summed E-state index contributed by atoms with van der Waals surface area (Å²) >= 11 is 0. The SMILES string of the molecule is CC1(C)CC(c2cn(-c3ccc(F)cc3)nn2)CCO1. The van der Waals surface area contributed by atoms with Gasteiger partial charge < -0.3 is 4.74 Å². The summed E-state index contributed by atoms with van der Waals surface area (Å²) in [4.78, 5) is 0. The molecule has 0 saturated carbocycles. The van der Waals surface area contributed by atoms with Crippen molar-refractivity contribution in [3.8, 4) is 5.69 Å². The molecule has 0 bridgehead atoms. The van der Waals surface area contributed by atoms with E-state index in [0.29, 0.717) is 5.92 Å². The van der Waals surface area contributed by atoms with Gasteiger partial charge in [-0.15, -0.1) is 5.10 Å². The van der Waals surface area contributed by atoms with Gasteiger partial charge in [0.25, 0.3) is 0 Å². The third kappa shape index (κ3) is 2.72. The van der Waals surface area contributed by atoms with Crippen LogP contribution in [0.5, 0.6) is 0 Å². The van der Waals surface area contributed by atoms with Crippen LogP contribution >= 0.6 is 0 Å². The molecule has 1 unspecified atom stereocenters. The highest BCUT2D eigenvalue weighted by molar-refractivity contribution is 5.31. The number of rotatable bonds is 2. The van der Waals surface area contributed by atoms with E-state index in [9.17, 15) is 4.39 Å². The lowest BCUT2D eigenvalue weighted by atomic mass is 9.86. The fourth-order valence-corrected chi connectivity index (χ4v) is 2.67. The second kappa shape index (κ2) is 4.98. The van der Waals surface area contributed by atoms with Gasteiger partial charge in [-0.05, 0) is 51.0 Å². The maximum absolute atomic E-state index is 12.9. The lowest BCUT2D eigenvalue weighted by Crippen LogP contribution is -2.33. The van der Waals surface area contributed by atoms with Crippen molar-refractivity contribution in [3.63, 3.8) is 0 Å². The molecule has 0 N–H and O–H groups in total. The zero-order chi connectivity index (χ0) is 14.2. The van der Waals surface area contributed by atoms with Crippen LogP contribution in [0.1, 0.15) is 38.3 Å². The van der Waals surface area contributed by atoms with Crippen molar-refractivity contribution in [1.82, 2.24) is 15.0 Å². The van der Waals surface area contributed by atoms with Crippen molar-refractivity contribution in [1.29, 1.82) is 0 Å². The van der Waals surface area contributed by atoms with Gasteiger partial charge >= 0.3 is 0 Å². The van der Waals surface area contributed by atoms with E-state index in [4.69, 9.17) is 4.74 Å². The zero-order valence-corrected chi connectivity index (χ0v) is 11.7. The molecule has 106 valence electrons. The minimum absolute atomic E-state index is 0.109. The molecule has 4 nitrogen and oxygen atoms in total. The van der Waals surface area contributed by atoms with E-state index in [1.165, 1.54) is 12.1 Å². The summed E-state index contributed by atoms with van der Waals surface area (Å²) in [6.07, 6.45) is 3.83. The summed E-state index contributed by atoms with van der Waals surface area (Å²) in [6, 6.07) is 6.24. The fraction of sp³-hybridized carbons (Fsp3) is 0.467. The quantitative estimate of drug-likeness (QED) is 0.845. The number of benzene rings is 1. The molecular weight excluding hydrogens is 257 g/mol. The van der Waals surface area contributed by atoms with E-state index >= 15 is 0 Å². The predicted octanol–water partition coefficient (Wildman–Crippen LogP) is 3.08. The second-order valence-corrected chi connectivity index (χ2v) is 5.86. The van der Waals surface area contributed by atoms with E-state index in [1.54, 1.807) is 16.8 Å². The normalized spacial score (nSPS) is 21.9. The third-order valence-electron chi connectivity index (χ3n) is 3.72. The molecule has 0 radical (unpaired) electrons. The Labute approximate surface area is 117 Å². The maximum atomic E-state index is 12.9. The monoisotopic (exact) mass is 275 g/mol. The molecule has 1 aromatic carbocycles. The Hall–Kier alpha value is -1.75. The highest BCUT2D eigenvalue weighted by atomic mass is 19.1. The lowest BCUT2D eigenvalue weighted by Gasteiger charge is -2.34. The lowest BCUT2D eigenvalue weighted by molar-refractivity contribution is -0.0597. The van der Waals surface area contributed by atoms with Gasteiger partial charge in [-0.25, -0.2) is 9.07 Å². The Balaban J connectivity index is 1.81. The molecule has 20 heavy (non-hydrogen) atoms. The van der Waals surface area contributed by atoms with E-state index in [1.807, 2.05) is 6.20 Å². The van der Waals surface area contributed by atoms with Gasteiger partial charge in [-0.3, -0.25) is 0 Å². The summed E-state index contributed by atoms with van der Waals surface area (Å²) < 4.78 is 20.3. The van der Waals surface area contributed by atoms with Gasteiger partial charge in [0, 0.05) is 12.5 Å². The smallest absolute Gasteiger partial charge is 0.123 e. The minimum Gasteiger partial charge on any atom is -0.376 e. The molecule has 2 heterocycles. The van der Waals surface area contributed by atoms with Crippen molar-refractivity contribution in [3.05, 3.63) is 42.0 Å². The number of hydrogen-bond acceptors (Lipinski definition) is 3. The van der Waals surface area contributed by atoms with Crippen molar-refractivity contribution in [2.24, 2.45) is 0 Å². The van der Waals surface area contributed by atoms with Crippen molar-refractivity contribution in [2.75, 3.05) is 6.61 Å². The van der Waals surface area contributed by atoms with Crippen molar-refractivity contribution in [2.45, 2.75) is 38.2 Å². The highest BCUT2D eigenvalue weighted by Gasteiger charge is 2.31. The number of nitrogens with zero attached hydrogens (tertiary/aromatic N) is 3. The first-order chi connectivity index (χ1) is 9.53. The molecular formula is C15H18FN3O. The topological polar surface area (TPSA) is 39.9 Å². The molecule has 5 heteroatoms. The number of halogens is 1. The van der Waals surface area contributed by atoms with Gasteiger partial charge in [0.05, 0.1) is 23.2 Å². The van der Waals surface area contributed by atoms with Crippen LogP contribution in [0.15, 0.2) is 30.5 Å². The minimum atomic E-state index is -0.250. The summed E-state index contributed by atoms with van der Waals surface area (Å²) in [5.74, 6) is 0.119. The number of aromatic nitrogens is 3. The first-order valence-corrected chi connectivity index (χ1v) is 6.86. The van der Waals surface area contributed by atoms with Crippen LogP contribution in [0.4, 0.5) is 4.39 Å². The van der Waals surface area contributed by atoms with E-state index in [-0.39, 0.29) is 11.4 Å². The largest absolute Gasteiger partial charge is 0.376 e. The molecule has 0 spiro atoms. The summed E-state index contributed by atoms with van der Waals surface area (Å²) in [6.45, 7) is 4.95. The average molecular weight is 275 g/mol. The second-order valence-electron chi connectivity index (χ2n) is 5.86. The molecule has 1 aliphatic heterocycles. The average Bonchev–Trinajstić information content (AvgIpc) is 2.88. The fourth-order valence-electron chi connectivity index (χ4n) is 2.67. The van der Waals surface area contributed by atoms with Crippen molar-refractivity contribution >= 4 is 0 Å².